The van der Waals surface area contributed by atoms with Crippen molar-refractivity contribution in [3.63, 3.8) is 0 Å². The Kier molecular flexibility index (Phi) is 7.79. The number of anilines is 4. The summed E-state index contributed by atoms with van der Waals surface area (Å²) in [7, 11) is 3.71. The molecule has 2 aromatic heterocycles. The van der Waals surface area contributed by atoms with Gasteiger partial charge in [0.15, 0.2) is 11.5 Å². The van der Waals surface area contributed by atoms with Crippen molar-refractivity contribution in [2.75, 3.05) is 60.8 Å². The van der Waals surface area contributed by atoms with E-state index in [2.05, 4.69) is 37.0 Å². The Hall–Kier alpha value is -3.70. The van der Waals surface area contributed by atoms with Gasteiger partial charge in [-0.1, -0.05) is 12.1 Å². The van der Waals surface area contributed by atoms with Crippen LogP contribution in [0.4, 0.5) is 22.9 Å². The van der Waals surface area contributed by atoms with E-state index in [1.165, 1.54) is 0 Å². The van der Waals surface area contributed by atoms with E-state index in [0.717, 1.165) is 30.0 Å². The number of amides is 1. The third-order valence-electron chi connectivity index (χ3n) is 6.05. The highest BCUT2D eigenvalue weighted by Crippen LogP contribution is 2.27. The van der Waals surface area contributed by atoms with E-state index in [1.807, 2.05) is 37.4 Å². The van der Waals surface area contributed by atoms with Gasteiger partial charge in [-0.25, -0.2) is 9.97 Å². The van der Waals surface area contributed by atoms with Gasteiger partial charge in [-0.2, -0.15) is 0 Å². The van der Waals surface area contributed by atoms with Crippen molar-refractivity contribution in [3.05, 3.63) is 54.6 Å². The summed E-state index contributed by atoms with van der Waals surface area (Å²) in [6.07, 6.45) is 4.89. The van der Waals surface area contributed by atoms with Gasteiger partial charge >= 0.3 is 0 Å². The third kappa shape index (κ3) is 5.69. The summed E-state index contributed by atoms with van der Waals surface area (Å²) in [5.41, 5.74) is 10.00. The largest absolute Gasteiger partial charge is 0.442 e. The summed E-state index contributed by atoms with van der Waals surface area (Å²) in [6.45, 7) is 5.47. The van der Waals surface area contributed by atoms with Gasteiger partial charge in [-0.15, -0.1) is 0 Å². The van der Waals surface area contributed by atoms with Gasteiger partial charge in [0.25, 0.3) is 14.0 Å². The number of nitrogens with one attached hydrogen (secondary N) is 1. The molecule has 35 heavy (non-hydrogen) atoms. The van der Waals surface area contributed by atoms with Crippen LogP contribution in [0.3, 0.4) is 0 Å². The van der Waals surface area contributed by atoms with Gasteiger partial charge in [-0.05, 0) is 25.1 Å². The fourth-order valence-corrected chi connectivity index (χ4v) is 3.92. The van der Waals surface area contributed by atoms with Gasteiger partial charge in [0, 0.05) is 50.2 Å². The molecule has 182 valence electrons. The van der Waals surface area contributed by atoms with Crippen LogP contribution in [0.5, 0.6) is 0 Å². The van der Waals surface area contributed by atoms with Crippen molar-refractivity contribution in [3.8, 4) is 11.3 Å². The van der Waals surface area contributed by atoms with Gasteiger partial charge in [0.05, 0.1) is 42.7 Å². The summed E-state index contributed by atoms with van der Waals surface area (Å²) in [5, 5.41) is 2.91. The number of carbonyl (C=O) groups is 1. The molecular weight excluding hydrogens is 445 g/mol. The number of nitrogens with two attached hydrogens (primary N) is 1. The number of pyridine rings is 1. The second kappa shape index (κ2) is 11.2. The summed E-state index contributed by atoms with van der Waals surface area (Å²) >= 11 is 0. The normalized spacial score (nSPS) is 14.4. The van der Waals surface area contributed by atoms with E-state index < -0.39 is 5.91 Å². The monoisotopic (exact) mass is 475 g/mol. The molecule has 0 radical (unpaired) electrons. The summed E-state index contributed by atoms with van der Waals surface area (Å²) in [5.74, 6) is -0.378. The van der Waals surface area contributed by atoms with Crippen LogP contribution in [-0.2, 0) is 9.39 Å². The Morgan fingerprint density at radius 1 is 1.26 bits per heavy atom. The van der Waals surface area contributed by atoms with Crippen molar-refractivity contribution in [1.29, 1.82) is 0 Å². The fraction of sp³-hybridized carbons (Fsp3) is 0.333. The zero-order valence-electron chi connectivity index (χ0n) is 20.3. The minimum atomic E-state index is -0.441. The number of benzene rings is 1. The number of nitrogens with zero attached hydrogens (tertiary/aromatic N) is 5. The highest BCUT2D eigenvalue weighted by Gasteiger charge is 2.20. The predicted molar refractivity (Wildman–Crippen MR) is 139 cm³/mol. The lowest BCUT2D eigenvalue weighted by Crippen LogP contribution is -2.36. The minimum Gasteiger partial charge on any atom is -0.442 e. The first-order chi connectivity index (χ1) is 17.0. The molecule has 1 amide bonds. The first-order valence-corrected chi connectivity index (χ1v) is 11.5. The molecule has 0 bridgehead atoms. The second-order valence-electron chi connectivity index (χ2n) is 8.40. The molecule has 3 N–H and O–H groups in total. The Balaban J connectivity index is 1.54. The molecule has 11 heteroatoms. The highest BCUT2D eigenvalue weighted by atomic mass is 16.5. The quantitative estimate of drug-likeness (QED) is 0.469. The van der Waals surface area contributed by atoms with Gasteiger partial charge in [0.1, 0.15) is 0 Å². The minimum absolute atomic E-state index is 0.0628. The molecule has 0 saturated carbocycles. The average Bonchev–Trinajstić information content (AvgIpc) is 2.89. The SMILES string of the molecule is BOC[C@H](C)N(C)c1ccc(-c2cnc(N)c(C(=O)Nc3cnccc3N3CCOCC3)n2)cc1. The van der Waals surface area contributed by atoms with E-state index in [9.17, 15) is 4.79 Å². The van der Waals surface area contributed by atoms with Crippen LogP contribution in [-0.4, -0.2) is 74.9 Å². The van der Waals surface area contributed by atoms with Crippen LogP contribution in [0.15, 0.2) is 48.9 Å². The number of hydrogen-bond acceptors (Lipinski definition) is 9. The van der Waals surface area contributed by atoms with Gasteiger partial charge < -0.3 is 30.2 Å². The molecule has 4 rings (SSSR count). The zero-order chi connectivity index (χ0) is 24.8. The topological polar surface area (TPSA) is 119 Å². The molecule has 1 aliphatic rings. The van der Waals surface area contributed by atoms with Gasteiger partial charge in [0.2, 0.25) is 0 Å². The van der Waals surface area contributed by atoms with Crippen LogP contribution in [0.25, 0.3) is 11.3 Å². The molecule has 0 unspecified atom stereocenters. The number of likely N-dealkylation sites (N-methyl/N-ethyl adjacent to an activating group) is 1. The van der Waals surface area contributed by atoms with Crippen molar-refractivity contribution in [2.45, 2.75) is 13.0 Å². The standard InChI is InChI=1S/C24H30BN7O3/c1-16(15-35-25)31(2)18-5-3-17(4-6-18)19-14-28-23(26)22(29-19)24(33)30-20-13-27-8-7-21(20)32-9-11-34-12-10-32/h3-8,13-14,16H,9-12,15,25H2,1-2H3,(H2,26,28)(H,30,33)/t16-/m0/s1. The molecule has 1 saturated heterocycles. The summed E-state index contributed by atoms with van der Waals surface area (Å²) in [6, 6.07) is 10.0. The average molecular weight is 475 g/mol. The van der Waals surface area contributed by atoms with Crippen molar-refractivity contribution < 1.29 is 14.2 Å². The second-order valence-corrected chi connectivity index (χ2v) is 8.40. The number of ether oxygens (including phenoxy) is 1. The Morgan fingerprint density at radius 2 is 2.00 bits per heavy atom. The Labute approximate surface area is 205 Å². The molecule has 3 heterocycles. The van der Waals surface area contributed by atoms with Crippen LogP contribution in [0.1, 0.15) is 17.4 Å². The van der Waals surface area contributed by atoms with E-state index >= 15 is 0 Å². The lowest BCUT2D eigenvalue weighted by molar-refractivity contribution is 0.102. The molecule has 10 nitrogen and oxygen atoms in total. The number of hydrogen-bond donors (Lipinski definition) is 2. The highest BCUT2D eigenvalue weighted by molar-refractivity contribution is 6.07. The molecule has 1 fully saturated rings. The maximum atomic E-state index is 13.2. The molecule has 1 aromatic carbocycles. The first-order valence-electron chi connectivity index (χ1n) is 11.5. The van der Waals surface area contributed by atoms with Gasteiger partial charge in [-0.3, -0.25) is 9.78 Å². The number of nitrogen functional groups attached to an aromatic ring is 1. The lowest BCUT2D eigenvalue weighted by Gasteiger charge is -2.30. The van der Waals surface area contributed by atoms with Crippen LogP contribution < -0.4 is 20.9 Å². The van der Waals surface area contributed by atoms with Crippen LogP contribution in [0.2, 0.25) is 0 Å². The predicted octanol–water partition coefficient (Wildman–Crippen LogP) is 1.60. The Morgan fingerprint density at radius 3 is 2.71 bits per heavy atom. The number of rotatable bonds is 8. The van der Waals surface area contributed by atoms with E-state index in [1.54, 1.807) is 26.6 Å². The first kappa shape index (κ1) is 24.4. The molecular formula is C24H30BN7O3. The molecule has 1 aliphatic heterocycles. The fourth-order valence-electron chi connectivity index (χ4n) is 3.92. The lowest BCUT2D eigenvalue weighted by atomic mass is 10.1. The third-order valence-corrected chi connectivity index (χ3v) is 6.05. The van der Waals surface area contributed by atoms with Crippen LogP contribution in [0, 0.1) is 0 Å². The number of aromatic nitrogens is 3. The maximum Gasteiger partial charge on any atom is 0.278 e. The number of morpholine rings is 1. The van der Waals surface area contributed by atoms with E-state index in [-0.39, 0.29) is 17.6 Å². The van der Waals surface area contributed by atoms with Crippen molar-refractivity contribution >= 4 is 36.8 Å². The number of carbonyl (C=O) groups excluding carboxylic acids is 1. The maximum absolute atomic E-state index is 13.2. The van der Waals surface area contributed by atoms with E-state index in [4.69, 9.17) is 15.1 Å². The molecule has 3 aromatic rings. The zero-order valence-corrected chi connectivity index (χ0v) is 20.3. The molecule has 0 spiro atoms. The molecule has 1 atom stereocenters. The summed E-state index contributed by atoms with van der Waals surface area (Å²) in [4.78, 5) is 30.4. The van der Waals surface area contributed by atoms with Crippen molar-refractivity contribution in [2.24, 2.45) is 0 Å². The van der Waals surface area contributed by atoms with Crippen LogP contribution >= 0.6 is 0 Å². The summed E-state index contributed by atoms with van der Waals surface area (Å²) < 4.78 is 10.7. The molecule has 0 aliphatic carbocycles. The van der Waals surface area contributed by atoms with Crippen molar-refractivity contribution in [1.82, 2.24) is 15.0 Å². The van der Waals surface area contributed by atoms with E-state index in [0.29, 0.717) is 31.2 Å². The Bertz CT molecular complexity index is 1160. The smallest absolute Gasteiger partial charge is 0.278 e.